The number of ether oxygens (including phenoxy) is 8. The van der Waals surface area contributed by atoms with Crippen LogP contribution in [-0.4, -0.2) is 76.0 Å². The number of benzene rings is 4. The first-order valence-electron chi connectivity index (χ1n) is 20.6. The number of carbonyl (C=O) groups is 3. The van der Waals surface area contributed by atoms with Gasteiger partial charge in [-0.25, -0.2) is 14.0 Å². The average molecular weight is 859 g/mol. The number of nitrogens with one attached hydrogen (secondary N) is 1. The predicted molar refractivity (Wildman–Crippen MR) is 233 cm³/mol. The molecule has 1 heterocycles. The van der Waals surface area contributed by atoms with Crippen molar-refractivity contribution in [2.75, 3.05) is 51.0 Å². The van der Waals surface area contributed by atoms with E-state index in [1.54, 1.807) is 96.4 Å². The smallest absolute Gasteiger partial charge is 0.414 e. The number of fused-ring (bicyclic) bond motifs is 1. The lowest BCUT2D eigenvalue weighted by molar-refractivity contribution is -0.157. The number of nitrogens with zero attached hydrogens (tertiary/aromatic N) is 1. The van der Waals surface area contributed by atoms with Crippen molar-refractivity contribution in [2.24, 2.45) is 0 Å². The third-order valence-electron chi connectivity index (χ3n) is 10.3. The number of amides is 2. The zero-order chi connectivity index (χ0) is 45.2. The fraction of sp³-hybridized carbons (Fsp3) is 0.438. The summed E-state index contributed by atoms with van der Waals surface area (Å²) < 4.78 is 60.0. The van der Waals surface area contributed by atoms with Crippen LogP contribution in [0.3, 0.4) is 0 Å². The van der Waals surface area contributed by atoms with E-state index in [0.717, 1.165) is 45.7 Å². The van der Waals surface area contributed by atoms with Gasteiger partial charge >= 0.3 is 12.1 Å². The molecule has 0 aromatic heterocycles. The number of anilines is 2. The maximum absolute atomic E-state index is 13.3. The maximum atomic E-state index is 13.3. The first-order chi connectivity index (χ1) is 29.4. The number of methoxy groups -OCH3 is 1. The molecule has 4 aromatic carbocycles. The number of rotatable bonds is 18. The Balaban J connectivity index is 1.24. The summed E-state index contributed by atoms with van der Waals surface area (Å²) in [5.41, 5.74) is 4.86. The first-order valence-corrected chi connectivity index (χ1v) is 20.6. The lowest BCUT2D eigenvalue weighted by Crippen LogP contribution is -2.42. The highest BCUT2D eigenvalue weighted by Crippen LogP contribution is 2.44. The Morgan fingerprint density at radius 1 is 0.903 bits per heavy atom. The van der Waals surface area contributed by atoms with E-state index in [2.05, 4.69) is 5.32 Å². The van der Waals surface area contributed by atoms with Crippen LogP contribution in [0.2, 0.25) is 0 Å². The van der Waals surface area contributed by atoms with Crippen LogP contribution in [0.5, 0.6) is 23.0 Å². The second kappa shape index (κ2) is 20.8. The lowest BCUT2D eigenvalue weighted by atomic mass is 9.87. The van der Waals surface area contributed by atoms with E-state index in [-0.39, 0.29) is 45.5 Å². The zero-order valence-corrected chi connectivity index (χ0v) is 37.4. The molecular formula is C48H59FN2O11. The molecule has 2 amide bonds. The molecule has 2 atom stereocenters. The van der Waals surface area contributed by atoms with E-state index < -0.39 is 35.3 Å². The monoisotopic (exact) mass is 858 g/mol. The quantitative estimate of drug-likeness (QED) is 0.0758. The van der Waals surface area contributed by atoms with E-state index in [9.17, 15) is 18.8 Å². The summed E-state index contributed by atoms with van der Waals surface area (Å²) >= 11 is 0. The summed E-state index contributed by atoms with van der Waals surface area (Å²) in [6, 6.07) is 17.8. The van der Waals surface area contributed by atoms with Crippen molar-refractivity contribution in [2.45, 2.75) is 98.6 Å². The molecule has 4 aromatic rings. The highest BCUT2D eigenvalue weighted by Gasteiger charge is 2.36. The van der Waals surface area contributed by atoms with Crippen LogP contribution < -0.4 is 29.2 Å². The molecule has 2 unspecified atom stereocenters. The number of hydrogen-bond acceptors (Lipinski definition) is 11. The third kappa shape index (κ3) is 12.6. The van der Waals surface area contributed by atoms with Crippen LogP contribution in [-0.2, 0) is 48.0 Å². The van der Waals surface area contributed by atoms with Crippen molar-refractivity contribution >= 4 is 29.3 Å². The Bertz CT molecular complexity index is 2190. The van der Waals surface area contributed by atoms with Crippen LogP contribution in [0.4, 0.5) is 20.6 Å². The largest absolute Gasteiger partial charge is 0.489 e. The third-order valence-corrected chi connectivity index (χ3v) is 10.3. The van der Waals surface area contributed by atoms with Crippen LogP contribution in [0.1, 0.15) is 74.4 Å². The first kappa shape index (κ1) is 47.2. The topological polar surface area (TPSA) is 140 Å². The summed E-state index contributed by atoms with van der Waals surface area (Å²) in [6.07, 6.45) is 0.162. The van der Waals surface area contributed by atoms with E-state index >= 15 is 0 Å². The number of esters is 1. The van der Waals surface area contributed by atoms with Crippen molar-refractivity contribution in [3.63, 3.8) is 0 Å². The normalized spacial score (nSPS) is 15.1. The van der Waals surface area contributed by atoms with Gasteiger partial charge in [0.25, 0.3) is 5.91 Å². The standard InChI is InChI=1S/C48H59FN2O11/c1-11-56-45(53)41(58-26-34-12-16-35(49)17-13-34)24-33-14-18-36(19-15-33)57-27-42(52)50-39-21-20-37(25-40(39)51(9)46(54)62-47(5,6)7)59-28-48(8)23-22-38-32(4)43(60-29-55-10)30(2)31(3)44(38)61-48/h12-21,25,41H,11,22-24,26-29H2,1-10H3,(H,50,52). The lowest BCUT2D eigenvalue weighted by Gasteiger charge is -2.38. The van der Waals surface area contributed by atoms with Gasteiger partial charge in [-0.05, 0) is 132 Å². The Morgan fingerprint density at radius 3 is 2.24 bits per heavy atom. The Morgan fingerprint density at radius 2 is 1.58 bits per heavy atom. The van der Waals surface area contributed by atoms with Crippen molar-refractivity contribution in [3.05, 3.63) is 106 Å². The molecule has 0 spiro atoms. The summed E-state index contributed by atoms with van der Waals surface area (Å²) in [5, 5.41) is 2.86. The van der Waals surface area contributed by atoms with Gasteiger partial charge < -0.3 is 43.2 Å². The van der Waals surface area contributed by atoms with Crippen molar-refractivity contribution < 1.29 is 56.7 Å². The Labute approximate surface area is 363 Å². The predicted octanol–water partition coefficient (Wildman–Crippen LogP) is 8.98. The van der Waals surface area contributed by atoms with Crippen molar-refractivity contribution in [3.8, 4) is 23.0 Å². The molecular weight excluding hydrogens is 800 g/mol. The number of hydrogen-bond donors (Lipinski definition) is 1. The minimum absolute atomic E-state index is 0.0994. The fourth-order valence-electron chi connectivity index (χ4n) is 6.86. The summed E-state index contributed by atoms with van der Waals surface area (Å²) in [5.74, 6) is 1.17. The van der Waals surface area contributed by atoms with Crippen LogP contribution in [0.25, 0.3) is 0 Å². The van der Waals surface area contributed by atoms with Gasteiger partial charge in [0.1, 0.15) is 46.6 Å². The highest BCUT2D eigenvalue weighted by atomic mass is 19.1. The molecule has 0 saturated carbocycles. The van der Waals surface area contributed by atoms with Gasteiger partial charge in [-0.1, -0.05) is 24.3 Å². The van der Waals surface area contributed by atoms with Gasteiger partial charge in [-0.3, -0.25) is 9.69 Å². The molecule has 13 nitrogen and oxygen atoms in total. The maximum Gasteiger partial charge on any atom is 0.414 e. The zero-order valence-electron chi connectivity index (χ0n) is 37.4. The molecule has 0 saturated heterocycles. The summed E-state index contributed by atoms with van der Waals surface area (Å²) in [7, 11) is 3.15. The minimum atomic E-state index is -0.891. The molecule has 334 valence electrons. The number of halogens is 1. The van der Waals surface area contributed by atoms with Crippen molar-refractivity contribution in [1.82, 2.24) is 0 Å². The SMILES string of the molecule is CCOC(=O)C(Cc1ccc(OCC(=O)Nc2ccc(OCC3(C)CCc4c(C)c(OCOC)c(C)c(C)c4O3)cc2N(C)C(=O)OC(C)(C)C)cc1)OCc1ccc(F)cc1. The van der Waals surface area contributed by atoms with Crippen molar-refractivity contribution in [1.29, 1.82) is 0 Å². The van der Waals surface area contributed by atoms with E-state index in [1.165, 1.54) is 17.0 Å². The van der Waals surface area contributed by atoms with Crippen LogP contribution in [0, 0.1) is 26.6 Å². The molecule has 0 fully saturated rings. The molecule has 5 rings (SSSR count). The molecule has 1 N–H and O–H groups in total. The van der Waals surface area contributed by atoms with E-state index in [0.29, 0.717) is 34.9 Å². The van der Waals surface area contributed by atoms with Gasteiger partial charge in [-0.15, -0.1) is 0 Å². The Kier molecular flexibility index (Phi) is 15.8. The fourth-order valence-corrected chi connectivity index (χ4v) is 6.86. The van der Waals surface area contributed by atoms with E-state index in [4.69, 9.17) is 37.9 Å². The molecule has 14 heteroatoms. The summed E-state index contributed by atoms with van der Waals surface area (Å²) in [4.78, 5) is 40.6. The second-order valence-electron chi connectivity index (χ2n) is 16.5. The van der Waals surface area contributed by atoms with Gasteiger partial charge in [-0.2, -0.15) is 0 Å². The molecule has 0 aliphatic carbocycles. The highest BCUT2D eigenvalue weighted by molar-refractivity contribution is 5.99. The van der Waals surface area contributed by atoms with Crippen LogP contribution in [0.15, 0.2) is 66.7 Å². The molecule has 1 aliphatic heterocycles. The van der Waals surface area contributed by atoms with Gasteiger partial charge in [0.15, 0.2) is 19.5 Å². The Hall–Kier alpha value is -5.86. The van der Waals surface area contributed by atoms with Gasteiger partial charge in [0.05, 0.1) is 24.6 Å². The average Bonchev–Trinajstić information content (AvgIpc) is 3.23. The van der Waals surface area contributed by atoms with Crippen LogP contribution >= 0.6 is 0 Å². The molecule has 62 heavy (non-hydrogen) atoms. The molecule has 0 bridgehead atoms. The minimum Gasteiger partial charge on any atom is -0.489 e. The van der Waals surface area contributed by atoms with Gasteiger partial charge in [0.2, 0.25) is 0 Å². The van der Waals surface area contributed by atoms with E-state index in [1.807, 2.05) is 27.7 Å². The van der Waals surface area contributed by atoms with Gasteiger partial charge in [0, 0.05) is 32.2 Å². The molecule has 0 radical (unpaired) electrons. The second-order valence-corrected chi connectivity index (χ2v) is 16.5. The molecule has 1 aliphatic rings. The summed E-state index contributed by atoms with van der Waals surface area (Å²) in [6.45, 7) is 15.4. The number of carbonyl (C=O) groups excluding carboxylic acids is 3.